The van der Waals surface area contributed by atoms with Crippen LogP contribution >= 0.6 is 0 Å². The Labute approximate surface area is 118 Å². The Balaban J connectivity index is 2.26. The summed E-state index contributed by atoms with van der Waals surface area (Å²) in [7, 11) is 0. The smallest absolute Gasteiger partial charge is 0.258 e. The molecule has 0 unspecified atom stereocenters. The molecule has 106 valence electrons. The molecule has 0 bridgehead atoms. The van der Waals surface area contributed by atoms with Crippen molar-refractivity contribution in [2.24, 2.45) is 0 Å². The number of aromatic amines is 1. The second kappa shape index (κ2) is 4.78. The summed E-state index contributed by atoms with van der Waals surface area (Å²) < 4.78 is 1.63. The Morgan fingerprint density at radius 2 is 2.10 bits per heavy atom. The molecule has 1 aromatic carbocycles. The molecule has 0 saturated carbocycles. The summed E-state index contributed by atoms with van der Waals surface area (Å²) >= 11 is 0. The number of rotatable bonds is 3. The van der Waals surface area contributed by atoms with Crippen LogP contribution in [-0.4, -0.2) is 35.3 Å². The van der Waals surface area contributed by atoms with E-state index >= 15 is 0 Å². The van der Waals surface area contributed by atoms with Crippen LogP contribution in [0.25, 0.3) is 17.1 Å². The minimum atomic E-state index is -0.449. The van der Waals surface area contributed by atoms with Gasteiger partial charge in [0, 0.05) is 23.4 Å². The van der Waals surface area contributed by atoms with Crippen LogP contribution in [0, 0.1) is 24.0 Å². The number of nitro groups is 1. The van der Waals surface area contributed by atoms with Crippen molar-refractivity contribution in [3.63, 3.8) is 0 Å². The number of aryl methyl sites for hydroxylation is 2. The second-order valence-electron chi connectivity index (χ2n) is 4.53. The van der Waals surface area contributed by atoms with Crippen LogP contribution in [0.2, 0.25) is 0 Å². The molecule has 0 amide bonds. The number of hydrogen-bond donors (Lipinski definition) is 1. The number of nitro benzene ring substituents is 1. The van der Waals surface area contributed by atoms with Gasteiger partial charge in [-0.05, 0) is 31.2 Å². The molecule has 0 radical (unpaired) electrons. The summed E-state index contributed by atoms with van der Waals surface area (Å²) in [5.41, 5.74) is 2.80. The van der Waals surface area contributed by atoms with E-state index in [2.05, 4.69) is 25.7 Å². The van der Waals surface area contributed by atoms with Crippen LogP contribution in [0.15, 0.2) is 24.3 Å². The minimum absolute atomic E-state index is 0.0233. The highest BCUT2D eigenvalue weighted by Gasteiger charge is 2.18. The molecule has 0 aliphatic heterocycles. The minimum Gasteiger partial charge on any atom is -0.258 e. The average Bonchev–Trinajstić information content (AvgIpc) is 3.07. The van der Waals surface area contributed by atoms with E-state index in [1.807, 2.05) is 19.9 Å². The molecule has 0 atom stereocenters. The first-order valence-electron chi connectivity index (χ1n) is 6.12. The highest BCUT2D eigenvalue weighted by Crippen LogP contribution is 2.28. The summed E-state index contributed by atoms with van der Waals surface area (Å²) in [4.78, 5) is 10.5. The van der Waals surface area contributed by atoms with Gasteiger partial charge in [0.1, 0.15) is 0 Å². The topological polar surface area (TPSA) is 115 Å². The predicted octanol–water partition coefficient (Wildman–Crippen LogP) is 1.58. The van der Waals surface area contributed by atoms with Crippen molar-refractivity contribution >= 4 is 5.69 Å². The van der Waals surface area contributed by atoms with Crippen molar-refractivity contribution < 1.29 is 4.92 Å². The normalized spacial score (nSPS) is 10.8. The molecule has 0 aliphatic carbocycles. The lowest BCUT2D eigenvalue weighted by Crippen LogP contribution is -2.03. The largest absolute Gasteiger partial charge is 0.271 e. The lowest BCUT2D eigenvalue weighted by atomic mass is 10.1. The summed E-state index contributed by atoms with van der Waals surface area (Å²) in [6.45, 7) is 3.73. The molecule has 0 saturated heterocycles. The average molecular weight is 285 g/mol. The second-order valence-corrected chi connectivity index (χ2v) is 4.53. The van der Waals surface area contributed by atoms with Crippen LogP contribution in [0.3, 0.4) is 0 Å². The van der Waals surface area contributed by atoms with Crippen LogP contribution in [0.4, 0.5) is 5.69 Å². The quantitative estimate of drug-likeness (QED) is 0.577. The fourth-order valence-corrected chi connectivity index (χ4v) is 2.15. The molecule has 0 spiro atoms. The van der Waals surface area contributed by atoms with Gasteiger partial charge in [0.2, 0.25) is 5.82 Å². The van der Waals surface area contributed by atoms with Gasteiger partial charge in [-0.1, -0.05) is 0 Å². The fraction of sp³-hybridized carbons (Fsp3) is 0.167. The Kier molecular flexibility index (Phi) is 2.94. The van der Waals surface area contributed by atoms with E-state index in [0.717, 1.165) is 11.4 Å². The van der Waals surface area contributed by atoms with Gasteiger partial charge in [-0.2, -0.15) is 10.3 Å². The highest BCUT2D eigenvalue weighted by atomic mass is 16.6. The molecule has 9 heteroatoms. The van der Waals surface area contributed by atoms with Crippen molar-refractivity contribution in [3.8, 4) is 17.1 Å². The first-order chi connectivity index (χ1) is 10.1. The van der Waals surface area contributed by atoms with Crippen molar-refractivity contribution in [3.05, 3.63) is 45.8 Å². The molecule has 0 fully saturated rings. The first kappa shape index (κ1) is 12.9. The molecule has 1 N–H and O–H groups in total. The standard InChI is InChI=1S/C12H11N7O2/c1-7-5-8(2)18(15-7)11-6-9(19(20)21)3-4-10(11)12-13-16-17-14-12/h3-6H,1-2H3,(H,13,14,16,17). The van der Waals surface area contributed by atoms with E-state index < -0.39 is 4.92 Å². The lowest BCUT2D eigenvalue weighted by molar-refractivity contribution is -0.384. The van der Waals surface area contributed by atoms with Crippen molar-refractivity contribution in [2.45, 2.75) is 13.8 Å². The number of nitrogens with one attached hydrogen (secondary N) is 1. The van der Waals surface area contributed by atoms with Crippen LogP contribution in [0.1, 0.15) is 11.4 Å². The molecule has 21 heavy (non-hydrogen) atoms. The molecule has 0 aliphatic rings. The van der Waals surface area contributed by atoms with Crippen molar-refractivity contribution in [1.29, 1.82) is 0 Å². The van der Waals surface area contributed by atoms with E-state index in [4.69, 9.17) is 0 Å². The molecule has 3 rings (SSSR count). The van der Waals surface area contributed by atoms with E-state index in [-0.39, 0.29) is 5.69 Å². The molecular formula is C12H11N7O2. The Hall–Kier alpha value is -3.10. The number of non-ortho nitro benzene ring substituents is 1. The number of nitrogens with zero attached hydrogens (tertiary/aromatic N) is 6. The molecule has 3 aromatic rings. The van der Waals surface area contributed by atoms with Crippen LogP contribution < -0.4 is 0 Å². The van der Waals surface area contributed by atoms with Gasteiger partial charge in [-0.25, -0.2) is 4.68 Å². The van der Waals surface area contributed by atoms with Gasteiger partial charge in [0.05, 0.1) is 16.3 Å². The van der Waals surface area contributed by atoms with E-state index in [1.54, 1.807) is 10.7 Å². The maximum Gasteiger partial charge on any atom is 0.271 e. The number of hydrogen-bond acceptors (Lipinski definition) is 6. The van der Waals surface area contributed by atoms with Gasteiger partial charge >= 0.3 is 0 Å². The molecule has 2 aromatic heterocycles. The lowest BCUT2D eigenvalue weighted by Gasteiger charge is -2.08. The zero-order valence-electron chi connectivity index (χ0n) is 11.3. The summed E-state index contributed by atoms with van der Waals surface area (Å²) in [5, 5.41) is 29.1. The van der Waals surface area contributed by atoms with E-state index in [0.29, 0.717) is 17.1 Å². The summed E-state index contributed by atoms with van der Waals surface area (Å²) in [6, 6.07) is 6.33. The molecule has 9 nitrogen and oxygen atoms in total. The summed E-state index contributed by atoms with van der Waals surface area (Å²) in [5.74, 6) is 0.354. The van der Waals surface area contributed by atoms with Crippen LogP contribution in [-0.2, 0) is 0 Å². The van der Waals surface area contributed by atoms with E-state index in [9.17, 15) is 10.1 Å². The van der Waals surface area contributed by atoms with Gasteiger partial charge in [-0.15, -0.1) is 10.2 Å². The third-order valence-electron chi connectivity index (χ3n) is 3.02. The number of H-pyrrole nitrogens is 1. The van der Waals surface area contributed by atoms with Crippen molar-refractivity contribution in [2.75, 3.05) is 0 Å². The van der Waals surface area contributed by atoms with Crippen molar-refractivity contribution in [1.82, 2.24) is 30.4 Å². The maximum atomic E-state index is 11.0. The first-order valence-corrected chi connectivity index (χ1v) is 6.12. The predicted molar refractivity (Wildman–Crippen MR) is 72.9 cm³/mol. The van der Waals surface area contributed by atoms with E-state index in [1.165, 1.54) is 12.1 Å². The van der Waals surface area contributed by atoms with Gasteiger partial charge in [-0.3, -0.25) is 10.1 Å². The Bertz CT molecular complexity index is 807. The van der Waals surface area contributed by atoms with Gasteiger partial charge in [0.25, 0.3) is 5.69 Å². The monoisotopic (exact) mass is 285 g/mol. The van der Waals surface area contributed by atoms with Gasteiger partial charge < -0.3 is 0 Å². The molecule has 2 heterocycles. The summed E-state index contributed by atoms with van der Waals surface area (Å²) in [6.07, 6.45) is 0. The van der Waals surface area contributed by atoms with Crippen LogP contribution in [0.5, 0.6) is 0 Å². The highest BCUT2D eigenvalue weighted by molar-refractivity contribution is 5.69. The number of aromatic nitrogens is 6. The molecular weight excluding hydrogens is 274 g/mol. The number of benzene rings is 1. The fourth-order valence-electron chi connectivity index (χ4n) is 2.15. The van der Waals surface area contributed by atoms with Gasteiger partial charge in [0.15, 0.2) is 0 Å². The zero-order chi connectivity index (χ0) is 15.0. The number of tetrazole rings is 1. The maximum absolute atomic E-state index is 11.0. The third kappa shape index (κ3) is 2.24. The third-order valence-corrected chi connectivity index (χ3v) is 3.02. The Morgan fingerprint density at radius 1 is 1.29 bits per heavy atom. The Morgan fingerprint density at radius 3 is 2.67 bits per heavy atom. The SMILES string of the molecule is Cc1cc(C)n(-c2cc([N+](=O)[O-])ccc2-c2nn[nH]n2)n1. The zero-order valence-corrected chi connectivity index (χ0v) is 11.3.